The largest absolute Gasteiger partial charge is 0.478 e. The van der Waals surface area contributed by atoms with Crippen molar-refractivity contribution in [2.45, 2.75) is 33.7 Å². The van der Waals surface area contributed by atoms with Gasteiger partial charge in [-0.1, -0.05) is 0 Å². The molecule has 0 saturated carbocycles. The van der Waals surface area contributed by atoms with Crippen LogP contribution in [0.3, 0.4) is 0 Å². The van der Waals surface area contributed by atoms with Gasteiger partial charge >= 0.3 is 12.0 Å². The molecule has 0 aromatic carbocycles. The average molecular weight is 228 g/mol. The molecule has 90 valence electrons. The summed E-state index contributed by atoms with van der Waals surface area (Å²) in [5.74, 6) is -1.89. The Hall–Kier alpha value is -1.85. The first-order chi connectivity index (χ1) is 7.25. The number of carbonyl (C=O) groups excluding carboxylic acids is 2. The Balaban J connectivity index is 4.54. The molecular weight excluding hydrogens is 212 g/mol. The predicted molar refractivity (Wildman–Crippen MR) is 57.8 cm³/mol. The smallest absolute Gasteiger partial charge is 0.331 e. The summed E-state index contributed by atoms with van der Waals surface area (Å²) >= 11 is 0. The van der Waals surface area contributed by atoms with E-state index in [1.807, 2.05) is 5.32 Å². The van der Waals surface area contributed by atoms with Crippen LogP contribution in [0.15, 0.2) is 11.1 Å². The molecule has 0 atom stereocenters. The minimum atomic E-state index is -1.18. The minimum absolute atomic E-state index is 0.00593. The predicted octanol–water partition coefficient (Wildman–Crippen LogP) is 0.642. The lowest BCUT2D eigenvalue weighted by atomic mass is 10.1. The molecule has 0 saturated heterocycles. The second kappa shape index (κ2) is 5.89. The molecule has 0 aromatic rings. The van der Waals surface area contributed by atoms with Gasteiger partial charge < -0.3 is 10.4 Å². The van der Waals surface area contributed by atoms with E-state index in [9.17, 15) is 14.4 Å². The molecule has 0 rings (SSSR count). The molecule has 0 aliphatic heterocycles. The van der Waals surface area contributed by atoms with Gasteiger partial charge in [-0.2, -0.15) is 0 Å². The van der Waals surface area contributed by atoms with Crippen molar-refractivity contribution in [2.75, 3.05) is 0 Å². The number of urea groups is 1. The van der Waals surface area contributed by atoms with Crippen LogP contribution in [0.5, 0.6) is 0 Å². The highest BCUT2D eigenvalue weighted by Crippen LogP contribution is 2.03. The third kappa shape index (κ3) is 4.59. The first kappa shape index (κ1) is 14.2. The number of imide groups is 1. The van der Waals surface area contributed by atoms with Crippen molar-refractivity contribution in [3.05, 3.63) is 11.1 Å². The van der Waals surface area contributed by atoms with Crippen molar-refractivity contribution in [3.8, 4) is 0 Å². The second-order valence-corrected chi connectivity index (χ2v) is 3.64. The summed E-state index contributed by atoms with van der Waals surface area (Å²) in [5, 5.41) is 13.1. The van der Waals surface area contributed by atoms with E-state index in [-0.39, 0.29) is 17.2 Å². The molecule has 0 aromatic heterocycles. The van der Waals surface area contributed by atoms with E-state index >= 15 is 0 Å². The number of hydrogen-bond acceptors (Lipinski definition) is 3. The quantitative estimate of drug-likeness (QED) is 0.618. The van der Waals surface area contributed by atoms with Gasteiger partial charge in [-0.25, -0.2) is 9.59 Å². The van der Waals surface area contributed by atoms with E-state index in [0.29, 0.717) is 0 Å². The zero-order chi connectivity index (χ0) is 12.9. The SMILES string of the molecule is CC(C(=O)O)=C(C)C(=O)NC(=O)NC(C)C. The Bertz CT molecular complexity index is 345. The van der Waals surface area contributed by atoms with Gasteiger partial charge in [0, 0.05) is 17.2 Å². The van der Waals surface area contributed by atoms with Gasteiger partial charge in [0.25, 0.3) is 5.91 Å². The van der Waals surface area contributed by atoms with Crippen molar-refractivity contribution >= 4 is 17.9 Å². The van der Waals surface area contributed by atoms with E-state index in [4.69, 9.17) is 5.11 Å². The monoisotopic (exact) mass is 228 g/mol. The first-order valence-corrected chi connectivity index (χ1v) is 4.78. The van der Waals surface area contributed by atoms with Gasteiger partial charge in [0.1, 0.15) is 0 Å². The number of aliphatic carboxylic acids is 1. The molecule has 0 spiro atoms. The van der Waals surface area contributed by atoms with Crippen molar-refractivity contribution < 1.29 is 19.5 Å². The Morgan fingerprint density at radius 1 is 1.06 bits per heavy atom. The molecule has 0 aliphatic rings. The molecule has 6 nitrogen and oxygen atoms in total. The maximum absolute atomic E-state index is 11.4. The number of nitrogens with one attached hydrogen (secondary N) is 2. The summed E-state index contributed by atoms with van der Waals surface area (Å²) in [4.78, 5) is 33.1. The van der Waals surface area contributed by atoms with Crippen molar-refractivity contribution in [3.63, 3.8) is 0 Å². The fourth-order valence-corrected chi connectivity index (χ4v) is 0.826. The number of carboxylic acids is 1. The normalized spacial score (nSPS) is 11.8. The number of carbonyl (C=O) groups is 3. The lowest BCUT2D eigenvalue weighted by Crippen LogP contribution is -2.43. The van der Waals surface area contributed by atoms with E-state index in [0.717, 1.165) is 0 Å². The van der Waals surface area contributed by atoms with Gasteiger partial charge in [-0.15, -0.1) is 0 Å². The Labute approximate surface area is 93.7 Å². The standard InChI is InChI=1S/C10H16N2O4/c1-5(2)11-10(16)12-8(13)6(3)7(4)9(14)15/h5H,1-4H3,(H,14,15)(H2,11,12,13,16). The lowest BCUT2D eigenvalue weighted by Gasteiger charge is -2.09. The zero-order valence-corrected chi connectivity index (χ0v) is 9.75. The third-order valence-electron chi connectivity index (χ3n) is 1.87. The fourth-order valence-electron chi connectivity index (χ4n) is 0.826. The Morgan fingerprint density at radius 3 is 1.94 bits per heavy atom. The summed E-state index contributed by atoms with van der Waals surface area (Å²) in [6.45, 7) is 6.14. The van der Waals surface area contributed by atoms with Crippen molar-refractivity contribution in [2.24, 2.45) is 0 Å². The molecule has 0 unspecified atom stereocenters. The van der Waals surface area contributed by atoms with E-state index in [1.54, 1.807) is 13.8 Å². The molecular formula is C10H16N2O4. The van der Waals surface area contributed by atoms with Crippen LogP contribution in [-0.4, -0.2) is 29.1 Å². The third-order valence-corrected chi connectivity index (χ3v) is 1.87. The number of rotatable bonds is 3. The summed E-state index contributed by atoms with van der Waals surface area (Å²) in [6, 6.07) is -0.741. The van der Waals surface area contributed by atoms with Crippen LogP contribution < -0.4 is 10.6 Å². The number of amides is 3. The van der Waals surface area contributed by atoms with Crippen LogP contribution in [0.2, 0.25) is 0 Å². The number of carboxylic acid groups (broad SMARTS) is 1. The van der Waals surface area contributed by atoms with Gasteiger partial charge in [0.15, 0.2) is 0 Å². The lowest BCUT2D eigenvalue weighted by molar-refractivity contribution is -0.133. The summed E-state index contributed by atoms with van der Waals surface area (Å²) in [7, 11) is 0. The highest BCUT2D eigenvalue weighted by Gasteiger charge is 2.15. The van der Waals surface area contributed by atoms with Gasteiger partial charge in [0.2, 0.25) is 0 Å². The van der Waals surface area contributed by atoms with Gasteiger partial charge in [-0.05, 0) is 27.7 Å². The molecule has 0 heterocycles. The van der Waals surface area contributed by atoms with E-state index in [1.165, 1.54) is 13.8 Å². The van der Waals surface area contributed by atoms with Crippen LogP contribution in [0, 0.1) is 0 Å². The fraction of sp³-hybridized carbons (Fsp3) is 0.500. The molecule has 3 amide bonds. The second-order valence-electron chi connectivity index (χ2n) is 3.64. The molecule has 0 fully saturated rings. The molecule has 0 aliphatic carbocycles. The maximum Gasteiger partial charge on any atom is 0.331 e. The van der Waals surface area contributed by atoms with Crippen molar-refractivity contribution in [1.82, 2.24) is 10.6 Å². The zero-order valence-electron chi connectivity index (χ0n) is 9.75. The highest BCUT2D eigenvalue weighted by molar-refractivity contribution is 6.07. The van der Waals surface area contributed by atoms with E-state index < -0.39 is 17.9 Å². The van der Waals surface area contributed by atoms with Crippen molar-refractivity contribution in [1.29, 1.82) is 0 Å². The Morgan fingerprint density at radius 2 is 1.56 bits per heavy atom. The maximum atomic E-state index is 11.4. The van der Waals surface area contributed by atoms with Crippen LogP contribution in [0.4, 0.5) is 4.79 Å². The van der Waals surface area contributed by atoms with Gasteiger partial charge in [0.05, 0.1) is 0 Å². The van der Waals surface area contributed by atoms with Crippen LogP contribution >= 0.6 is 0 Å². The summed E-state index contributed by atoms with van der Waals surface area (Å²) in [5.41, 5.74) is -0.0822. The first-order valence-electron chi connectivity index (χ1n) is 4.78. The van der Waals surface area contributed by atoms with Gasteiger partial charge in [-0.3, -0.25) is 10.1 Å². The topological polar surface area (TPSA) is 95.5 Å². The summed E-state index contributed by atoms with van der Waals surface area (Å²) < 4.78 is 0. The Kier molecular flexibility index (Phi) is 5.21. The highest BCUT2D eigenvalue weighted by atomic mass is 16.4. The van der Waals surface area contributed by atoms with Crippen LogP contribution in [0.1, 0.15) is 27.7 Å². The molecule has 3 N–H and O–H groups in total. The summed E-state index contributed by atoms with van der Waals surface area (Å²) in [6.07, 6.45) is 0. The average Bonchev–Trinajstić information content (AvgIpc) is 2.13. The molecule has 16 heavy (non-hydrogen) atoms. The van der Waals surface area contributed by atoms with Crippen LogP contribution in [0.25, 0.3) is 0 Å². The van der Waals surface area contributed by atoms with E-state index in [2.05, 4.69) is 5.32 Å². The molecule has 0 bridgehead atoms. The van der Waals surface area contributed by atoms with Crippen LogP contribution in [-0.2, 0) is 9.59 Å². The number of hydrogen-bond donors (Lipinski definition) is 3. The molecule has 0 radical (unpaired) electrons. The minimum Gasteiger partial charge on any atom is -0.478 e. The molecule has 6 heteroatoms.